The first kappa shape index (κ1) is 26.2. The minimum Gasteiger partial charge on any atom is -0.497 e. The third kappa shape index (κ3) is 8.88. The molecule has 1 aliphatic carbocycles. The van der Waals surface area contributed by atoms with Crippen LogP contribution in [0.15, 0.2) is 23.2 Å². The third-order valence-electron chi connectivity index (χ3n) is 4.66. The molecular weight excluding hydrogens is 509 g/mol. The van der Waals surface area contributed by atoms with E-state index in [1.54, 1.807) is 12.1 Å². The summed E-state index contributed by atoms with van der Waals surface area (Å²) in [6, 6.07) is 4.63. The normalized spacial score (nSPS) is 13.8. The van der Waals surface area contributed by atoms with Gasteiger partial charge in [0.05, 0.1) is 13.7 Å². The fraction of sp³-hybridized carbons (Fsp3) is 0.600. The monoisotopic (exact) mass is 540 g/mol. The van der Waals surface area contributed by atoms with Crippen LogP contribution in [0.3, 0.4) is 0 Å². The van der Waals surface area contributed by atoms with Gasteiger partial charge >= 0.3 is 6.61 Å². The van der Waals surface area contributed by atoms with E-state index in [1.165, 1.54) is 13.2 Å². The van der Waals surface area contributed by atoms with Crippen LogP contribution < -0.4 is 25.4 Å². The highest BCUT2D eigenvalue weighted by atomic mass is 127. The molecule has 1 saturated carbocycles. The van der Waals surface area contributed by atoms with Crippen molar-refractivity contribution in [1.29, 1.82) is 0 Å². The number of carbonyl (C=O) groups excluding carboxylic acids is 1. The molecule has 1 fully saturated rings. The van der Waals surface area contributed by atoms with E-state index in [2.05, 4.69) is 25.7 Å². The first-order valence-electron chi connectivity index (χ1n) is 9.95. The number of halogens is 3. The Labute approximate surface area is 193 Å². The van der Waals surface area contributed by atoms with Crippen LogP contribution in [-0.4, -0.2) is 45.2 Å². The SMILES string of the molecule is CCNC(=NCc1cc(OC)ccc1OC(F)F)NCCCNC(=O)C1CCC1.I. The fourth-order valence-corrected chi connectivity index (χ4v) is 2.84. The average molecular weight is 540 g/mol. The average Bonchev–Trinajstić information content (AvgIpc) is 2.64. The molecule has 0 spiro atoms. The molecule has 7 nitrogen and oxygen atoms in total. The molecule has 10 heteroatoms. The van der Waals surface area contributed by atoms with Gasteiger partial charge in [0.2, 0.25) is 5.91 Å². The summed E-state index contributed by atoms with van der Waals surface area (Å²) in [4.78, 5) is 16.2. The number of carbonyl (C=O) groups is 1. The number of amides is 1. The van der Waals surface area contributed by atoms with Crippen LogP contribution in [0, 0.1) is 5.92 Å². The van der Waals surface area contributed by atoms with Gasteiger partial charge in [-0.1, -0.05) is 6.42 Å². The Kier molecular flexibility index (Phi) is 12.4. The van der Waals surface area contributed by atoms with E-state index in [0.29, 0.717) is 36.9 Å². The molecule has 3 N–H and O–H groups in total. The van der Waals surface area contributed by atoms with E-state index in [-0.39, 0.29) is 48.1 Å². The van der Waals surface area contributed by atoms with Gasteiger partial charge in [0.25, 0.3) is 0 Å². The highest BCUT2D eigenvalue weighted by Crippen LogP contribution is 2.27. The third-order valence-corrected chi connectivity index (χ3v) is 4.66. The lowest BCUT2D eigenvalue weighted by molar-refractivity contribution is -0.127. The highest BCUT2D eigenvalue weighted by Gasteiger charge is 2.24. The molecule has 0 saturated heterocycles. The molecule has 0 bridgehead atoms. The summed E-state index contributed by atoms with van der Waals surface area (Å²) in [5, 5.41) is 9.23. The Morgan fingerprint density at radius 3 is 2.57 bits per heavy atom. The summed E-state index contributed by atoms with van der Waals surface area (Å²) in [5.74, 6) is 1.50. The predicted octanol–water partition coefficient (Wildman–Crippen LogP) is 3.28. The number of nitrogens with zero attached hydrogens (tertiary/aromatic N) is 1. The van der Waals surface area contributed by atoms with Gasteiger partial charge in [0, 0.05) is 31.1 Å². The zero-order chi connectivity index (χ0) is 21.1. The second-order valence-corrected chi connectivity index (χ2v) is 6.75. The number of hydrogen-bond acceptors (Lipinski definition) is 4. The first-order valence-corrected chi connectivity index (χ1v) is 9.95. The topological polar surface area (TPSA) is 84.0 Å². The van der Waals surface area contributed by atoms with Gasteiger partial charge in [-0.2, -0.15) is 8.78 Å². The summed E-state index contributed by atoms with van der Waals surface area (Å²) in [6.45, 7) is 1.05. The molecule has 1 aromatic carbocycles. The van der Waals surface area contributed by atoms with Gasteiger partial charge in [0.15, 0.2) is 5.96 Å². The Bertz CT molecular complexity index is 688. The van der Waals surface area contributed by atoms with Crippen molar-refractivity contribution >= 4 is 35.8 Å². The van der Waals surface area contributed by atoms with Crippen molar-refractivity contribution in [2.24, 2.45) is 10.9 Å². The maximum absolute atomic E-state index is 12.6. The summed E-state index contributed by atoms with van der Waals surface area (Å²) >= 11 is 0. The van der Waals surface area contributed by atoms with Crippen LogP contribution in [-0.2, 0) is 11.3 Å². The number of ether oxygens (including phenoxy) is 2. The molecule has 0 heterocycles. The van der Waals surface area contributed by atoms with Crippen LogP contribution in [0.4, 0.5) is 8.78 Å². The van der Waals surface area contributed by atoms with Gasteiger partial charge in [-0.05, 0) is 44.4 Å². The number of benzene rings is 1. The molecule has 0 atom stereocenters. The molecular formula is C20H31F2IN4O3. The van der Waals surface area contributed by atoms with Crippen molar-refractivity contribution in [2.45, 2.75) is 45.8 Å². The van der Waals surface area contributed by atoms with Crippen molar-refractivity contribution in [2.75, 3.05) is 26.7 Å². The summed E-state index contributed by atoms with van der Waals surface area (Å²) in [7, 11) is 1.51. The molecule has 0 radical (unpaired) electrons. The second-order valence-electron chi connectivity index (χ2n) is 6.75. The van der Waals surface area contributed by atoms with Crippen LogP contribution in [0.5, 0.6) is 11.5 Å². The lowest BCUT2D eigenvalue weighted by Crippen LogP contribution is -2.39. The van der Waals surface area contributed by atoms with E-state index in [1.807, 2.05) is 6.92 Å². The minimum atomic E-state index is -2.91. The Balaban J connectivity index is 0.00000450. The van der Waals surface area contributed by atoms with Gasteiger partial charge in [0.1, 0.15) is 11.5 Å². The second kappa shape index (κ2) is 14.2. The van der Waals surface area contributed by atoms with Crippen LogP contribution in [0.2, 0.25) is 0 Å². The first-order chi connectivity index (χ1) is 14.0. The summed E-state index contributed by atoms with van der Waals surface area (Å²) in [6.07, 6.45) is 3.87. The van der Waals surface area contributed by atoms with E-state index >= 15 is 0 Å². The van der Waals surface area contributed by atoms with Crippen molar-refractivity contribution < 1.29 is 23.0 Å². The van der Waals surface area contributed by atoms with Gasteiger partial charge in [-0.25, -0.2) is 4.99 Å². The quantitative estimate of drug-likeness (QED) is 0.174. The van der Waals surface area contributed by atoms with E-state index in [4.69, 9.17) is 4.74 Å². The zero-order valence-corrected chi connectivity index (χ0v) is 19.7. The molecule has 0 aromatic heterocycles. The van der Waals surface area contributed by atoms with E-state index in [0.717, 1.165) is 25.7 Å². The van der Waals surface area contributed by atoms with Gasteiger partial charge in [-0.3, -0.25) is 4.79 Å². The number of guanidine groups is 1. The smallest absolute Gasteiger partial charge is 0.387 e. The van der Waals surface area contributed by atoms with Crippen molar-refractivity contribution in [3.63, 3.8) is 0 Å². The highest BCUT2D eigenvalue weighted by molar-refractivity contribution is 14.0. The molecule has 1 amide bonds. The molecule has 2 rings (SSSR count). The molecule has 0 aliphatic heterocycles. The van der Waals surface area contributed by atoms with Gasteiger partial charge in [-0.15, -0.1) is 24.0 Å². The summed E-state index contributed by atoms with van der Waals surface area (Å²) < 4.78 is 35.0. The van der Waals surface area contributed by atoms with Crippen molar-refractivity contribution in [3.8, 4) is 11.5 Å². The number of methoxy groups -OCH3 is 1. The van der Waals surface area contributed by atoms with E-state index in [9.17, 15) is 13.6 Å². The lowest BCUT2D eigenvalue weighted by atomic mass is 9.85. The predicted molar refractivity (Wildman–Crippen MR) is 123 cm³/mol. The molecule has 170 valence electrons. The number of hydrogen-bond donors (Lipinski definition) is 3. The molecule has 1 aromatic rings. The van der Waals surface area contributed by atoms with Crippen LogP contribution >= 0.6 is 24.0 Å². The van der Waals surface area contributed by atoms with Crippen molar-refractivity contribution in [1.82, 2.24) is 16.0 Å². The van der Waals surface area contributed by atoms with Gasteiger partial charge < -0.3 is 25.4 Å². The Hall–Kier alpha value is -1.85. The largest absolute Gasteiger partial charge is 0.497 e. The van der Waals surface area contributed by atoms with Crippen LogP contribution in [0.25, 0.3) is 0 Å². The van der Waals surface area contributed by atoms with E-state index < -0.39 is 6.61 Å². The fourth-order valence-electron chi connectivity index (χ4n) is 2.84. The maximum Gasteiger partial charge on any atom is 0.387 e. The molecule has 1 aliphatic rings. The zero-order valence-electron chi connectivity index (χ0n) is 17.4. The number of aliphatic imine (C=N–C) groups is 1. The molecule has 30 heavy (non-hydrogen) atoms. The standard InChI is InChI=1S/C20H30F2N4O3.HI/c1-3-23-20(25-11-5-10-24-18(27)14-6-4-7-14)26-13-15-12-16(28-2)8-9-17(15)29-19(21)22;/h8-9,12,14,19H,3-7,10-11,13H2,1-2H3,(H,24,27)(H2,23,25,26);1H. The Morgan fingerprint density at radius 1 is 1.23 bits per heavy atom. The summed E-state index contributed by atoms with van der Waals surface area (Å²) in [5.41, 5.74) is 0.495. The Morgan fingerprint density at radius 2 is 1.97 bits per heavy atom. The van der Waals surface area contributed by atoms with Crippen molar-refractivity contribution in [3.05, 3.63) is 23.8 Å². The maximum atomic E-state index is 12.6. The number of rotatable bonds is 11. The minimum absolute atomic E-state index is 0. The number of nitrogens with one attached hydrogen (secondary N) is 3. The van der Waals surface area contributed by atoms with Crippen LogP contribution in [0.1, 0.15) is 38.2 Å². The number of alkyl halides is 2. The lowest BCUT2D eigenvalue weighted by Gasteiger charge is -2.24. The molecule has 0 unspecified atom stereocenters.